The second kappa shape index (κ2) is 9.29. The van der Waals surface area contributed by atoms with Crippen molar-refractivity contribution in [2.75, 3.05) is 4.90 Å². The maximum Gasteiger partial charge on any atom is 0.0492 e. The zero-order chi connectivity index (χ0) is 25.5. The van der Waals surface area contributed by atoms with E-state index >= 15 is 0 Å². The first-order valence-electron chi connectivity index (χ1n) is 13.1. The van der Waals surface area contributed by atoms with Crippen molar-refractivity contribution in [1.82, 2.24) is 4.57 Å². The highest BCUT2D eigenvalue weighted by molar-refractivity contribution is 6.09. The maximum atomic E-state index is 2.41. The van der Waals surface area contributed by atoms with E-state index in [1.807, 2.05) is 0 Å². The van der Waals surface area contributed by atoms with Crippen LogP contribution in [-0.2, 0) is 6.54 Å². The van der Waals surface area contributed by atoms with Crippen LogP contribution in [0.4, 0.5) is 17.1 Å². The summed E-state index contributed by atoms with van der Waals surface area (Å²) in [5, 5.41) is 2.59. The van der Waals surface area contributed by atoms with Crippen LogP contribution >= 0.6 is 0 Å². The van der Waals surface area contributed by atoms with Gasteiger partial charge in [-0.25, -0.2) is 0 Å². The smallest absolute Gasteiger partial charge is 0.0492 e. The summed E-state index contributed by atoms with van der Waals surface area (Å²) in [6.45, 7) is 9.74. The molecular weight excluding hydrogens is 448 g/mol. The minimum Gasteiger partial charge on any atom is -0.341 e. The molecule has 0 spiro atoms. The summed E-state index contributed by atoms with van der Waals surface area (Å²) in [4.78, 5) is 2.38. The third-order valence-electron chi connectivity index (χ3n) is 7.51. The van der Waals surface area contributed by atoms with Crippen LogP contribution in [0.5, 0.6) is 0 Å². The Kier molecular flexibility index (Phi) is 5.81. The molecule has 0 saturated heterocycles. The molecule has 6 aromatic rings. The first-order chi connectivity index (χ1) is 18.0. The van der Waals surface area contributed by atoms with Gasteiger partial charge in [0.1, 0.15) is 0 Å². The molecular formula is C35H32N2. The molecule has 1 aromatic heterocycles. The third kappa shape index (κ3) is 3.99. The molecule has 37 heavy (non-hydrogen) atoms. The Labute approximate surface area is 219 Å². The molecule has 0 N–H and O–H groups in total. The lowest BCUT2D eigenvalue weighted by atomic mass is 9.94. The second-order valence-electron chi connectivity index (χ2n) is 9.95. The number of hydrogen-bond acceptors (Lipinski definition) is 1. The molecule has 1 heterocycles. The number of aromatic nitrogens is 1. The summed E-state index contributed by atoms with van der Waals surface area (Å²) in [6, 6.07) is 39.9. The number of anilines is 3. The summed E-state index contributed by atoms with van der Waals surface area (Å²) < 4.78 is 2.41. The largest absolute Gasteiger partial charge is 0.341 e. The lowest BCUT2D eigenvalue weighted by molar-refractivity contribution is 0.827. The van der Waals surface area contributed by atoms with E-state index in [0.717, 1.165) is 23.6 Å². The van der Waals surface area contributed by atoms with E-state index in [-0.39, 0.29) is 0 Å². The summed E-state index contributed by atoms with van der Waals surface area (Å²) >= 11 is 0. The monoisotopic (exact) mass is 480 g/mol. The molecule has 182 valence electrons. The average Bonchev–Trinajstić information content (AvgIpc) is 3.25. The lowest BCUT2D eigenvalue weighted by Crippen LogP contribution is -2.10. The van der Waals surface area contributed by atoms with Gasteiger partial charge in [-0.1, -0.05) is 66.2 Å². The quantitative estimate of drug-likeness (QED) is 0.238. The fourth-order valence-electron chi connectivity index (χ4n) is 5.61. The van der Waals surface area contributed by atoms with E-state index in [2.05, 4.69) is 146 Å². The Balaban J connectivity index is 1.58. The van der Waals surface area contributed by atoms with E-state index in [1.54, 1.807) is 0 Å². The highest BCUT2D eigenvalue weighted by Gasteiger charge is 2.17. The standard InChI is InChI=1S/C35H32N2/c1-5-36-34-14-10-9-13-30(34)33-23-29(19-20-35(33)36)37(27-11-7-6-8-12-27)28-18-17-26(4)32(22-28)31-21-24(2)15-16-25(31)3/h6-23H,5H2,1-4H3. The summed E-state index contributed by atoms with van der Waals surface area (Å²) in [5.41, 5.74) is 12.5. The number of aryl methyl sites for hydroxylation is 4. The van der Waals surface area contributed by atoms with Crippen LogP contribution in [0.25, 0.3) is 32.9 Å². The van der Waals surface area contributed by atoms with Crippen molar-refractivity contribution in [3.8, 4) is 11.1 Å². The van der Waals surface area contributed by atoms with Crippen molar-refractivity contribution < 1.29 is 0 Å². The predicted molar refractivity (Wildman–Crippen MR) is 159 cm³/mol. The molecule has 0 atom stereocenters. The SMILES string of the molecule is CCn1c2ccccc2c2cc(N(c3ccccc3)c3ccc(C)c(-c4cc(C)ccc4C)c3)ccc21. The Morgan fingerprint density at radius 3 is 1.95 bits per heavy atom. The van der Waals surface area contributed by atoms with E-state index < -0.39 is 0 Å². The van der Waals surface area contributed by atoms with Gasteiger partial charge < -0.3 is 9.47 Å². The van der Waals surface area contributed by atoms with Gasteiger partial charge in [-0.3, -0.25) is 0 Å². The molecule has 0 bridgehead atoms. The summed E-state index contributed by atoms with van der Waals surface area (Å²) in [7, 11) is 0. The second-order valence-corrected chi connectivity index (χ2v) is 9.95. The van der Waals surface area contributed by atoms with Crippen LogP contribution in [0.1, 0.15) is 23.6 Å². The highest BCUT2D eigenvalue weighted by atomic mass is 15.1. The molecule has 0 unspecified atom stereocenters. The Morgan fingerprint density at radius 1 is 0.541 bits per heavy atom. The van der Waals surface area contributed by atoms with Crippen LogP contribution in [0, 0.1) is 20.8 Å². The summed E-state index contributed by atoms with van der Waals surface area (Å²) in [6.07, 6.45) is 0. The maximum absolute atomic E-state index is 2.41. The number of rotatable bonds is 5. The van der Waals surface area contributed by atoms with Crippen molar-refractivity contribution in [3.05, 3.63) is 126 Å². The number of nitrogens with zero attached hydrogens (tertiary/aromatic N) is 2. The molecule has 5 aromatic carbocycles. The molecule has 6 rings (SSSR count). The minimum absolute atomic E-state index is 0.947. The Hall–Kier alpha value is -4.30. The van der Waals surface area contributed by atoms with E-state index in [9.17, 15) is 0 Å². The Bertz CT molecular complexity index is 1740. The van der Waals surface area contributed by atoms with Gasteiger partial charge in [0.25, 0.3) is 0 Å². The van der Waals surface area contributed by atoms with E-state index in [1.165, 1.54) is 49.6 Å². The number of benzene rings is 5. The molecule has 0 amide bonds. The van der Waals surface area contributed by atoms with Gasteiger partial charge in [-0.05, 0) is 98.5 Å². The molecule has 0 aliphatic rings. The third-order valence-corrected chi connectivity index (χ3v) is 7.51. The zero-order valence-corrected chi connectivity index (χ0v) is 22.0. The minimum atomic E-state index is 0.947. The van der Waals surface area contributed by atoms with Crippen LogP contribution < -0.4 is 4.90 Å². The van der Waals surface area contributed by atoms with Crippen molar-refractivity contribution in [2.45, 2.75) is 34.2 Å². The van der Waals surface area contributed by atoms with Gasteiger partial charge in [-0.15, -0.1) is 0 Å². The van der Waals surface area contributed by atoms with Gasteiger partial charge >= 0.3 is 0 Å². The van der Waals surface area contributed by atoms with E-state index in [0.29, 0.717) is 0 Å². The van der Waals surface area contributed by atoms with Crippen molar-refractivity contribution >= 4 is 38.9 Å². The van der Waals surface area contributed by atoms with Gasteiger partial charge in [-0.2, -0.15) is 0 Å². The van der Waals surface area contributed by atoms with Crippen LogP contribution in [0.3, 0.4) is 0 Å². The topological polar surface area (TPSA) is 8.17 Å². The van der Waals surface area contributed by atoms with Crippen LogP contribution in [0.15, 0.2) is 109 Å². The molecule has 2 nitrogen and oxygen atoms in total. The molecule has 0 aliphatic carbocycles. The molecule has 0 fully saturated rings. The van der Waals surface area contributed by atoms with E-state index in [4.69, 9.17) is 0 Å². The lowest BCUT2D eigenvalue weighted by Gasteiger charge is -2.27. The first kappa shape index (κ1) is 23.1. The Morgan fingerprint density at radius 2 is 1.16 bits per heavy atom. The van der Waals surface area contributed by atoms with Gasteiger partial charge in [0.05, 0.1) is 0 Å². The predicted octanol–water partition coefficient (Wildman–Crippen LogP) is 9.88. The first-order valence-corrected chi connectivity index (χ1v) is 13.1. The average molecular weight is 481 g/mol. The molecule has 0 saturated carbocycles. The molecule has 0 aliphatic heterocycles. The molecule has 0 radical (unpaired) electrons. The van der Waals surface area contributed by atoms with Crippen molar-refractivity contribution in [1.29, 1.82) is 0 Å². The highest BCUT2D eigenvalue weighted by Crippen LogP contribution is 2.40. The van der Waals surface area contributed by atoms with Crippen molar-refractivity contribution in [3.63, 3.8) is 0 Å². The fraction of sp³-hybridized carbons (Fsp3) is 0.143. The number of hydrogen-bond donors (Lipinski definition) is 0. The van der Waals surface area contributed by atoms with Crippen LogP contribution in [0.2, 0.25) is 0 Å². The normalized spacial score (nSPS) is 11.4. The van der Waals surface area contributed by atoms with Gasteiger partial charge in [0.2, 0.25) is 0 Å². The van der Waals surface area contributed by atoms with Gasteiger partial charge in [0, 0.05) is 45.4 Å². The molecule has 2 heteroatoms. The fourth-order valence-corrected chi connectivity index (χ4v) is 5.61. The summed E-state index contributed by atoms with van der Waals surface area (Å²) in [5.74, 6) is 0. The van der Waals surface area contributed by atoms with Crippen LogP contribution in [-0.4, -0.2) is 4.57 Å². The number of fused-ring (bicyclic) bond motifs is 3. The van der Waals surface area contributed by atoms with Gasteiger partial charge in [0.15, 0.2) is 0 Å². The zero-order valence-electron chi connectivity index (χ0n) is 22.0. The number of para-hydroxylation sites is 2. The van der Waals surface area contributed by atoms with Crippen molar-refractivity contribution in [2.24, 2.45) is 0 Å².